The first kappa shape index (κ1) is 21.7. The molecule has 0 amide bonds. The number of halogens is 4. The van der Waals surface area contributed by atoms with Gasteiger partial charge in [0.05, 0.1) is 11.7 Å². The maximum atomic E-state index is 12.9. The summed E-state index contributed by atoms with van der Waals surface area (Å²) in [6, 6.07) is 5.74. The second kappa shape index (κ2) is 8.38. The summed E-state index contributed by atoms with van der Waals surface area (Å²) >= 11 is 0. The number of alkyl halides is 3. The Morgan fingerprint density at radius 3 is 2.71 bits per heavy atom. The molecular formula is C20H27F3IN3O. The Morgan fingerprint density at radius 2 is 2.04 bits per heavy atom. The normalized spacial score (nSPS) is 28.4. The quantitative estimate of drug-likeness (QED) is 0.362. The molecule has 2 N–H and O–H groups in total. The van der Waals surface area contributed by atoms with Crippen molar-refractivity contribution in [2.45, 2.75) is 57.0 Å². The van der Waals surface area contributed by atoms with Crippen LogP contribution in [-0.4, -0.2) is 31.8 Å². The van der Waals surface area contributed by atoms with E-state index in [9.17, 15) is 13.2 Å². The highest BCUT2D eigenvalue weighted by atomic mass is 127. The van der Waals surface area contributed by atoms with Crippen molar-refractivity contribution in [2.75, 3.05) is 13.7 Å². The van der Waals surface area contributed by atoms with E-state index in [0.29, 0.717) is 36.1 Å². The van der Waals surface area contributed by atoms with E-state index in [1.807, 2.05) is 0 Å². The fraction of sp³-hybridized carbons (Fsp3) is 0.650. The van der Waals surface area contributed by atoms with E-state index < -0.39 is 11.7 Å². The first-order chi connectivity index (χ1) is 12.9. The lowest BCUT2D eigenvalue weighted by molar-refractivity contribution is -0.137. The summed E-state index contributed by atoms with van der Waals surface area (Å²) in [6.07, 6.45) is 1.93. The van der Waals surface area contributed by atoms with Crippen molar-refractivity contribution < 1.29 is 17.9 Å². The van der Waals surface area contributed by atoms with Crippen molar-refractivity contribution >= 4 is 29.9 Å². The van der Waals surface area contributed by atoms with Crippen LogP contribution in [0.2, 0.25) is 0 Å². The van der Waals surface area contributed by atoms with Crippen molar-refractivity contribution in [3.8, 4) is 0 Å². The van der Waals surface area contributed by atoms with Crippen molar-refractivity contribution in [1.29, 1.82) is 0 Å². The van der Waals surface area contributed by atoms with Crippen LogP contribution in [0.3, 0.4) is 0 Å². The predicted molar refractivity (Wildman–Crippen MR) is 113 cm³/mol. The molecule has 2 aliphatic carbocycles. The molecule has 2 saturated carbocycles. The monoisotopic (exact) mass is 509 g/mol. The minimum atomic E-state index is -4.33. The fourth-order valence-corrected chi connectivity index (χ4v) is 5.29. The van der Waals surface area contributed by atoms with Gasteiger partial charge in [0.2, 0.25) is 0 Å². The smallest absolute Gasteiger partial charge is 0.377 e. The maximum absolute atomic E-state index is 12.9. The minimum Gasteiger partial charge on any atom is -0.377 e. The van der Waals surface area contributed by atoms with Crippen molar-refractivity contribution in [2.24, 2.45) is 16.3 Å². The van der Waals surface area contributed by atoms with E-state index in [4.69, 9.17) is 4.74 Å². The standard InChI is InChI=1S/C20H26F3N3O.HI/c1-24-18(25-12-13-5-4-6-14(11-13)20(21,22)23)26-16-15-7-10-27-17(15)19(16)8-2-3-9-19;/h4-6,11,15-17H,2-3,7-10,12H2,1H3,(H2,24,25,26);1H. The van der Waals surface area contributed by atoms with E-state index in [-0.39, 0.29) is 29.4 Å². The molecule has 0 bridgehead atoms. The van der Waals surface area contributed by atoms with Crippen LogP contribution >= 0.6 is 24.0 Å². The number of hydrogen-bond acceptors (Lipinski definition) is 2. The Kier molecular flexibility index (Phi) is 6.48. The number of fused-ring (bicyclic) bond motifs is 2. The number of benzene rings is 1. The molecule has 1 spiro atoms. The zero-order chi connectivity index (χ0) is 19.1. The molecule has 1 aromatic carbocycles. The number of ether oxygens (including phenoxy) is 1. The first-order valence-corrected chi connectivity index (χ1v) is 9.69. The van der Waals surface area contributed by atoms with Crippen molar-refractivity contribution in [3.05, 3.63) is 35.4 Å². The summed E-state index contributed by atoms with van der Waals surface area (Å²) in [5.41, 5.74) is 0.160. The van der Waals surface area contributed by atoms with E-state index in [1.165, 1.54) is 37.8 Å². The lowest BCUT2D eigenvalue weighted by atomic mass is 9.54. The Morgan fingerprint density at radius 1 is 1.29 bits per heavy atom. The van der Waals surface area contributed by atoms with E-state index in [0.717, 1.165) is 19.1 Å². The predicted octanol–water partition coefficient (Wildman–Crippen LogP) is 4.34. The third-order valence-electron chi connectivity index (χ3n) is 6.52. The van der Waals surface area contributed by atoms with Crippen molar-refractivity contribution in [1.82, 2.24) is 10.6 Å². The van der Waals surface area contributed by atoms with Gasteiger partial charge in [-0.05, 0) is 37.0 Å². The number of hydrogen-bond donors (Lipinski definition) is 2. The highest BCUT2D eigenvalue weighted by Gasteiger charge is 2.65. The van der Waals surface area contributed by atoms with Gasteiger partial charge in [0.15, 0.2) is 5.96 Å². The Hall–Kier alpha value is -1.03. The second-order valence-corrected chi connectivity index (χ2v) is 7.93. The van der Waals surface area contributed by atoms with Crippen molar-refractivity contribution in [3.63, 3.8) is 0 Å². The molecule has 0 aromatic heterocycles. The number of aliphatic imine (C=N–C) groups is 1. The van der Waals surface area contributed by atoms with Gasteiger partial charge in [0, 0.05) is 37.6 Å². The van der Waals surface area contributed by atoms with Crippen LogP contribution in [0.4, 0.5) is 13.2 Å². The van der Waals surface area contributed by atoms with Crippen LogP contribution in [0.5, 0.6) is 0 Å². The van der Waals surface area contributed by atoms with Gasteiger partial charge in [-0.1, -0.05) is 25.0 Å². The third kappa shape index (κ3) is 3.86. The minimum absolute atomic E-state index is 0. The summed E-state index contributed by atoms with van der Waals surface area (Å²) < 4.78 is 44.7. The molecular weight excluding hydrogens is 482 g/mol. The molecule has 1 heterocycles. The SMILES string of the molecule is CN=C(NCc1cccc(C(F)(F)F)c1)NC1C2CCOC2C12CCCC2.I. The second-order valence-electron chi connectivity index (χ2n) is 7.93. The number of guanidine groups is 1. The van der Waals surface area contributed by atoms with Gasteiger partial charge in [-0.2, -0.15) is 13.2 Å². The summed E-state index contributed by atoms with van der Waals surface area (Å²) in [6.45, 7) is 1.12. The average Bonchev–Trinajstić information content (AvgIpc) is 3.30. The first-order valence-electron chi connectivity index (χ1n) is 9.69. The van der Waals surface area contributed by atoms with Crippen LogP contribution in [0.1, 0.15) is 43.2 Å². The molecule has 1 saturated heterocycles. The van der Waals surface area contributed by atoms with Gasteiger partial charge in [-0.25, -0.2) is 0 Å². The van der Waals surface area contributed by atoms with Crippen LogP contribution in [0, 0.1) is 11.3 Å². The molecule has 4 rings (SSSR count). The Labute approximate surface area is 180 Å². The van der Waals surface area contributed by atoms with Gasteiger partial charge >= 0.3 is 6.18 Å². The number of nitrogens with zero attached hydrogens (tertiary/aromatic N) is 1. The van der Waals surface area contributed by atoms with Gasteiger partial charge in [-0.3, -0.25) is 4.99 Å². The Bertz CT molecular complexity index is 719. The van der Waals surface area contributed by atoms with Gasteiger partial charge in [0.1, 0.15) is 0 Å². The van der Waals surface area contributed by atoms with Gasteiger partial charge < -0.3 is 15.4 Å². The Balaban J connectivity index is 0.00000225. The van der Waals surface area contributed by atoms with Gasteiger partial charge in [-0.15, -0.1) is 24.0 Å². The third-order valence-corrected chi connectivity index (χ3v) is 6.52. The van der Waals surface area contributed by atoms with E-state index in [1.54, 1.807) is 13.1 Å². The van der Waals surface area contributed by atoms with E-state index in [2.05, 4.69) is 15.6 Å². The van der Waals surface area contributed by atoms with Crippen LogP contribution in [-0.2, 0) is 17.5 Å². The molecule has 3 aliphatic rings. The van der Waals surface area contributed by atoms with Crippen LogP contribution in [0.25, 0.3) is 0 Å². The highest BCUT2D eigenvalue weighted by Crippen LogP contribution is 2.60. The molecule has 1 aliphatic heterocycles. The molecule has 1 aromatic rings. The summed E-state index contributed by atoms with van der Waals surface area (Å²) in [7, 11) is 1.70. The zero-order valence-electron chi connectivity index (χ0n) is 15.9. The highest BCUT2D eigenvalue weighted by molar-refractivity contribution is 14.0. The maximum Gasteiger partial charge on any atom is 0.416 e. The molecule has 28 heavy (non-hydrogen) atoms. The zero-order valence-corrected chi connectivity index (χ0v) is 18.2. The van der Waals surface area contributed by atoms with Gasteiger partial charge in [0.25, 0.3) is 0 Å². The molecule has 156 valence electrons. The number of nitrogens with one attached hydrogen (secondary N) is 2. The summed E-state index contributed by atoms with van der Waals surface area (Å²) in [5, 5.41) is 6.74. The molecule has 4 nitrogen and oxygen atoms in total. The summed E-state index contributed by atoms with van der Waals surface area (Å²) in [4.78, 5) is 4.30. The molecule has 3 fully saturated rings. The fourth-order valence-electron chi connectivity index (χ4n) is 5.29. The molecule has 8 heteroatoms. The molecule has 3 atom stereocenters. The molecule has 3 unspecified atom stereocenters. The lowest BCUT2D eigenvalue weighted by Crippen LogP contribution is -2.69. The molecule has 0 radical (unpaired) electrons. The number of rotatable bonds is 3. The van der Waals surface area contributed by atoms with Crippen LogP contribution < -0.4 is 10.6 Å². The topological polar surface area (TPSA) is 45.7 Å². The largest absolute Gasteiger partial charge is 0.416 e. The van der Waals surface area contributed by atoms with E-state index >= 15 is 0 Å². The summed E-state index contributed by atoms with van der Waals surface area (Å²) in [5.74, 6) is 1.16. The average molecular weight is 509 g/mol. The van der Waals surface area contributed by atoms with Crippen LogP contribution in [0.15, 0.2) is 29.3 Å². The lowest BCUT2D eigenvalue weighted by Gasteiger charge is -2.57.